The second kappa shape index (κ2) is 3.29. The molecule has 1 aromatic rings. The third-order valence-electron chi connectivity index (χ3n) is 2.40. The van der Waals surface area contributed by atoms with Crippen molar-refractivity contribution < 1.29 is 8.78 Å². The van der Waals surface area contributed by atoms with Gasteiger partial charge in [0.25, 0.3) is 6.43 Å². The van der Waals surface area contributed by atoms with E-state index in [1.807, 2.05) is 13.8 Å². The molecule has 0 unspecified atom stereocenters. The second-order valence-electron chi connectivity index (χ2n) is 3.99. The van der Waals surface area contributed by atoms with Crippen molar-refractivity contribution in [1.82, 2.24) is 15.0 Å². The highest BCUT2D eigenvalue weighted by Gasteiger charge is 2.32. The van der Waals surface area contributed by atoms with Gasteiger partial charge in [0.2, 0.25) is 0 Å². The Morgan fingerprint density at radius 2 is 2.00 bits per heavy atom. The first-order valence-electron chi connectivity index (χ1n) is 4.84. The maximum Gasteiger partial charge on any atom is 0.281 e. The van der Waals surface area contributed by atoms with Crippen molar-refractivity contribution in [1.29, 1.82) is 0 Å². The number of rotatable bonds is 3. The molecule has 0 atom stereocenters. The third kappa shape index (κ3) is 1.51. The van der Waals surface area contributed by atoms with Crippen LogP contribution >= 0.6 is 0 Å². The predicted molar refractivity (Wildman–Crippen MR) is 47.3 cm³/mol. The predicted octanol–water partition coefficient (Wildman–Crippen LogP) is 2.67. The topological polar surface area (TPSA) is 30.7 Å². The van der Waals surface area contributed by atoms with Gasteiger partial charge in [-0.1, -0.05) is 19.1 Å². The first-order valence-corrected chi connectivity index (χ1v) is 4.84. The molecule has 0 bridgehead atoms. The molecule has 1 aliphatic carbocycles. The van der Waals surface area contributed by atoms with Crippen LogP contribution < -0.4 is 0 Å². The summed E-state index contributed by atoms with van der Waals surface area (Å²) >= 11 is 0. The summed E-state index contributed by atoms with van der Waals surface area (Å²) in [5, 5.41) is 7.64. The summed E-state index contributed by atoms with van der Waals surface area (Å²) in [5.41, 5.74) is 0.453. The van der Waals surface area contributed by atoms with E-state index in [4.69, 9.17) is 0 Å². The molecule has 2 rings (SSSR count). The molecule has 1 aliphatic rings. The molecule has 1 fully saturated rings. The van der Waals surface area contributed by atoms with Gasteiger partial charge in [-0.15, -0.1) is 5.10 Å². The van der Waals surface area contributed by atoms with Crippen LogP contribution in [0.5, 0.6) is 0 Å². The van der Waals surface area contributed by atoms with Gasteiger partial charge in [-0.05, 0) is 18.8 Å². The van der Waals surface area contributed by atoms with Crippen molar-refractivity contribution in [2.75, 3.05) is 0 Å². The Balaban J connectivity index is 2.41. The lowest BCUT2D eigenvalue weighted by Crippen LogP contribution is -2.05. The van der Waals surface area contributed by atoms with E-state index in [9.17, 15) is 8.78 Å². The molecule has 0 amide bonds. The molecule has 0 spiro atoms. The van der Waals surface area contributed by atoms with Crippen LogP contribution in [0, 0.1) is 0 Å². The van der Waals surface area contributed by atoms with Gasteiger partial charge in [0, 0.05) is 0 Å². The fourth-order valence-corrected chi connectivity index (χ4v) is 1.52. The highest BCUT2D eigenvalue weighted by molar-refractivity contribution is 5.16. The molecule has 0 N–H and O–H groups in total. The Morgan fingerprint density at radius 3 is 2.43 bits per heavy atom. The molecule has 5 heteroatoms. The van der Waals surface area contributed by atoms with Crippen LogP contribution in [0.2, 0.25) is 0 Å². The zero-order valence-corrected chi connectivity index (χ0v) is 8.24. The van der Waals surface area contributed by atoms with Crippen LogP contribution in [0.4, 0.5) is 8.78 Å². The number of aromatic nitrogens is 3. The molecule has 0 saturated heterocycles. The zero-order chi connectivity index (χ0) is 10.3. The lowest BCUT2D eigenvalue weighted by Gasteiger charge is -2.07. The van der Waals surface area contributed by atoms with Gasteiger partial charge in [-0.25, -0.2) is 13.5 Å². The fraction of sp³-hybridized carbons (Fsp3) is 0.778. The monoisotopic (exact) mass is 201 g/mol. The highest BCUT2D eigenvalue weighted by atomic mass is 19.3. The van der Waals surface area contributed by atoms with Crippen LogP contribution in [0.1, 0.15) is 56.5 Å². The SMILES string of the molecule is CC(C)c1nnn(C2CC2)c1C(F)F. The number of hydrogen-bond donors (Lipinski definition) is 0. The summed E-state index contributed by atoms with van der Waals surface area (Å²) in [4.78, 5) is 0. The standard InChI is InChI=1S/C9H13F2N3/c1-5(2)7-8(9(10)11)14(13-12-7)6-3-4-6/h5-6,9H,3-4H2,1-2H3. The molecule has 1 heterocycles. The largest absolute Gasteiger partial charge is 0.281 e. The summed E-state index contributed by atoms with van der Waals surface area (Å²) in [7, 11) is 0. The average molecular weight is 201 g/mol. The molecule has 14 heavy (non-hydrogen) atoms. The summed E-state index contributed by atoms with van der Waals surface area (Å²) in [6.45, 7) is 3.71. The quantitative estimate of drug-likeness (QED) is 0.752. The molecule has 1 aromatic heterocycles. The lowest BCUT2D eigenvalue weighted by atomic mass is 10.1. The average Bonchev–Trinajstić information content (AvgIpc) is 2.83. The molecular weight excluding hydrogens is 188 g/mol. The minimum absolute atomic E-state index is 0.00602. The van der Waals surface area contributed by atoms with Crippen LogP contribution in [-0.2, 0) is 0 Å². The van der Waals surface area contributed by atoms with Gasteiger partial charge in [-0.2, -0.15) is 0 Å². The maximum absolute atomic E-state index is 12.8. The van der Waals surface area contributed by atoms with Gasteiger partial charge in [0.05, 0.1) is 11.7 Å². The van der Waals surface area contributed by atoms with Gasteiger partial charge >= 0.3 is 0 Å². The Kier molecular flexibility index (Phi) is 2.25. The lowest BCUT2D eigenvalue weighted by molar-refractivity contribution is 0.137. The Hall–Kier alpha value is -1.00. The summed E-state index contributed by atoms with van der Waals surface area (Å²) < 4.78 is 26.9. The van der Waals surface area contributed by atoms with Crippen LogP contribution in [0.15, 0.2) is 0 Å². The molecule has 0 aliphatic heterocycles. The fourth-order valence-electron chi connectivity index (χ4n) is 1.52. The van der Waals surface area contributed by atoms with Crippen molar-refractivity contribution in [3.8, 4) is 0 Å². The minimum Gasteiger partial charge on any atom is -0.240 e. The number of alkyl halides is 2. The molecule has 0 radical (unpaired) electrons. The second-order valence-corrected chi connectivity index (χ2v) is 3.99. The van der Waals surface area contributed by atoms with Gasteiger partial charge < -0.3 is 0 Å². The van der Waals surface area contributed by atoms with Crippen molar-refractivity contribution in [3.63, 3.8) is 0 Å². The van der Waals surface area contributed by atoms with E-state index in [1.165, 1.54) is 4.68 Å². The summed E-state index contributed by atoms with van der Waals surface area (Å²) in [6.07, 6.45) is -0.579. The van der Waals surface area contributed by atoms with Crippen LogP contribution in [0.3, 0.4) is 0 Å². The Morgan fingerprint density at radius 1 is 1.36 bits per heavy atom. The van der Waals surface area contributed by atoms with Crippen molar-refractivity contribution in [2.24, 2.45) is 0 Å². The van der Waals surface area contributed by atoms with Gasteiger partial charge in [0.1, 0.15) is 5.69 Å². The Labute approximate surface area is 81.1 Å². The summed E-state index contributed by atoms with van der Waals surface area (Å²) in [5.74, 6) is 0.00602. The van der Waals surface area contributed by atoms with Crippen LogP contribution in [-0.4, -0.2) is 15.0 Å². The first kappa shape index (κ1) is 9.55. The van der Waals surface area contributed by atoms with E-state index in [0.717, 1.165) is 12.8 Å². The van der Waals surface area contributed by atoms with E-state index >= 15 is 0 Å². The van der Waals surface area contributed by atoms with Gasteiger partial charge in [-0.3, -0.25) is 0 Å². The minimum atomic E-state index is -2.47. The molecular formula is C9H13F2N3. The maximum atomic E-state index is 12.8. The van der Waals surface area contributed by atoms with Crippen LogP contribution in [0.25, 0.3) is 0 Å². The van der Waals surface area contributed by atoms with E-state index in [1.54, 1.807) is 0 Å². The third-order valence-corrected chi connectivity index (χ3v) is 2.40. The van der Waals surface area contributed by atoms with Crippen molar-refractivity contribution >= 4 is 0 Å². The zero-order valence-electron chi connectivity index (χ0n) is 8.24. The van der Waals surface area contributed by atoms with E-state index in [2.05, 4.69) is 10.3 Å². The highest BCUT2D eigenvalue weighted by Crippen LogP contribution is 2.38. The van der Waals surface area contributed by atoms with E-state index in [0.29, 0.717) is 5.69 Å². The van der Waals surface area contributed by atoms with E-state index < -0.39 is 6.43 Å². The number of halogens is 2. The molecule has 78 valence electrons. The van der Waals surface area contributed by atoms with Crippen molar-refractivity contribution in [3.05, 3.63) is 11.4 Å². The van der Waals surface area contributed by atoms with Crippen molar-refractivity contribution in [2.45, 2.75) is 45.1 Å². The normalized spacial score (nSPS) is 17.0. The van der Waals surface area contributed by atoms with E-state index in [-0.39, 0.29) is 17.7 Å². The molecule has 1 saturated carbocycles. The summed E-state index contributed by atoms with van der Waals surface area (Å²) in [6, 6.07) is 0.166. The smallest absolute Gasteiger partial charge is 0.240 e. The molecule has 3 nitrogen and oxygen atoms in total. The first-order chi connectivity index (χ1) is 6.61. The molecule has 0 aromatic carbocycles. The Bertz CT molecular complexity index is 309. The van der Waals surface area contributed by atoms with Gasteiger partial charge in [0.15, 0.2) is 0 Å². The number of nitrogens with zero attached hydrogens (tertiary/aromatic N) is 3. The number of hydrogen-bond acceptors (Lipinski definition) is 2.